The molecule has 1 atom stereocenters. The van der Waals surface area contributed by atoms with Crippen LogP contribution in [0.1, 0.15) is 5.56 Å². The maximum atomic E-state index is 11.8. The SMILES string of the molecule is O=C(Cc1ccc(Cl)cc1)NCCNC[C@@H](O)COc1ccccc1. The third-order valence-corrected chi connectivity index (χ3v) is 3.72. The fourth-order valence-corrected chi connectivity index (χ4v) is 2.30. The van der Waals surface area contributed by atoms with Gasteiger partial charge >= 0.3 is 0 Å². The smallest absolute Gasteiger partial charge is 0.224 e. The molecule has 0 aliphatic rings. The van der Waals surface area contributed by atoms with Crippen LogP contribution in [0.2, 0.25) is 5.02 Å². The number of nitrogens with one attached hydrogen (secondary N) is 2. The van der Waals surface area contributed by atoms with Gasteiger partial charge in [0.05, 0.1) is 6.42 Å². The van der Waals surface area contributed by atoms with E-state index in [2.05, 4.69) is 10.6 Å². The van der Waals surface area contributed by atoms with Crippen molar-refractivity contribution in [1.82, 2.24) is 10.6 Å². The molecule has 2 aromatic carbocycles. The number of ether oxygens (including phenoxy) is 1. The second kappa shape index (κ2) is 10.7. The van der Waals surface area contributed by atoms with Gasteiger partial charge in [-0.25, -0.2) is 0 Å². The molecule has 2 aromatic rings. The van der Waals surface area contributed by atoms with Crippen molar-refractivity contribution in [2.75, 3.05) is 26.2 Å². The fourth-order valence-electron chi connectivity index (χ4n) is 2.18. The number of rotatable bonds is 10. The van der Waals surface area contributed by atoms with Crippen LogP contribution in [0.5, 0.6) is 5.75 Å². The summed E-state index contributed by atoms with van der Waals surface area (Å²) in [5.74, 6) is 0.688. The van der Waals surface area contributed by atoms with Gasteiger partial charge in [-0.2, -0.15) is 0 Å². The van der Waals surface area contributed by atoms with Gasteiger partial charge in [0.15, 0.2) is 0 Å². The van der Waals surface area contributed by atoms with Gasteiger partial charge in [0.1, 0.15) is 18.5 Å². The predicted molar refractivity (Wildman–Crippen MR) is 99.0 cm³/mol. The molecule has 0 aliphatic heterocycles. The molecule has 5 nitrogen and oxygen atoms in total. The molecule has 0 unspecified atom stereocenters. The highest BCUT2D eigenvalue weighted by atomic mass is 35.5. The Kier molecular flexibility index (Phi) is 8.25. The average Bonchev–Trinajstić information content (AvgIpc) is 2.62. The molecule has 0 saturated carbocycles. The Labute approximate surface area is 153 Å². The Hall–Kier alpha value is -2.08. The van der Waals surface area contributed by atoms with Crippen LogP contribution < -0.4 is 15.4 Å². The normalized spacial score (nSPS) is 11.8. The van der Waals surface area contributed by atoms with Crippen LogP contribution in [0.4, 0.5) is 0 Å². The van der Waals surface area contributed by atoms with Crippen LogP contribution in [0.3, 0.4) is 0 Å². The van der Waals surface area contributed by atoms with E-state index >= 15 is 0 Å². The number of para-hydroxylation sites is 1. The first-order valence-electron chi connectivity index (χ1n) is 8.21. The van der Waals surface area contributed by atoms with Crippen molar-refractivity contribution in [2.45, 2.75) is 12.5 Å². The van der Waals surface area contributed by atoms with Crippen LogP contribution in [-0.2, 0) is 11.2 Å². The maximum Gasteiger partial charge on any atom is 0.224 e. The molecule has 1 amide bonds. The Morgan fingerprint density at radius 3 is 2.52 bits per heavy atom. The number of carbonyl (C=O) groups is 1. The van der Waals surface area contributed by atoms with Crippen molar-refractivity contribution >= 4 is 17.5 Å². The molecular weight excluding hydrogens is 340 g/mol. The summed E-state index contributed by atoms with van der Waals surface area (Å²) < 4.78 is 5.47. The van der Waals surface area contributed by atoms with Gasteiger partial charge in [-0.15, -0.1) is 0 Å². The Bertz CT molecular complexity index is 635. The van der Waals surface area contributed by atoms with Crippen molar-refractivity contribution in [3.63, 3.8) is 0 Å². The third kappa shape index (κ3) is 8.03. The van der Waals surface area contributed by atoms with Crippen LogP contribution in [-0.4, -0.2) is 43.4 Å². The highest BCUT2D eigenvalue weighted by Crippen LogP contribution is 2.10. The van der Waals surface area contributed by atoms with Gasteiger partial charge < -0.3 is 20.5 Å². The fraction of sp³-hybridized carbons (Fsp3) is 0.316. The van der Waals surface area contributed by atoms with Crippen LogP contribution in [0.25, 0.3) is 0 Å². The molecule has 0 heterocycles. The highest BCUT2D eigenvalue weighted by Gasteiger charge is 2.06. The zero-order valence-electron chi connectivity index (χ0n) is 14.0. The van der Waals surface area contributed by atoms with Gasteiger partial charge in [-0.05, 0) is 29.8 Å². The summed E-state index contributed by atoms with van der Waals surface area (Å²) in [6.45, 7) is 1.70. The van der Waals surface area contributed by atoms with E-state index in [0.717, 1.165) is 11.3 Å². The zero-order chi connectivity index (χ0) is 17.9. The number of carbonyl (C=O) groups excluding carboxylic acids is 1. The molecule has 6 heteroatoms. The van der Waals surface area contributed by atoms with E-state index in [1.807, 2.05) is 42.5 Å². The summed E-state index contributed by atoms with van der Waals surface area (Å²) >= 11 is 5.81. The van der Waals surface area contributed by atoms with Crippen molar-refractivity contribution < 1.29 is 14.6 Å². The minimum atomic E-state index is -0.607. The molecular formula is C19H23ClN2O3. The van der Waals surface area contributed by atoms with Crippen molar-refractivity contribution in [3.8, 4) is 5.75 Å². The number of benzene rings is 2. The first kappa shape index (κ1) is 19.2. The van der Waals surface area contributed by atoms with E-state index in [0.29, 0.717) is 31.1 Å². The molecule has 0 bridgehead atoms. The monoisotopic (exact) mass is 362 g/mol. The zero-order valence-corrected chi connectivity index (χ0v) is 14.7. The van der Waals surface area contributed by atoms with Gasteiger partial charge in [0, 0.05) is 24.7 Å². The number of hydrogen-bond acceptors (Lipinski definition) is 4. The molecule has 0 aliphatic carbocycles. The molecule has 0 radical (unpaired) electrons. The Morgan fingerprint density at radius 1 is 1.08 bits per heavy atom. The number of hydrogen-bond donors (Lipinski definition) is 3. The third-order valence-electron chi connectivity index (χ3n) is 3.47. The molecule has 0 spiro atoms. The first-order chi connectivity index (χ1) is 12.1. The molecule has 2 rings (SSSR count). The minimum Gasteiger partial charge on any atom is -0.491 e. The van der Waals surface area contributed by atoms with Crippen LogP contribution in [0, 0.1) is 0 Å². The van der Waals surface area contributed by atoms with Gasteiger partial charge in [0.2, 0.25) is 5.91 Å². The standard InChI is InChI=1S/C19H23ClN2O3/c20-16-8-6-15(7-9-16)12-19(24)22-11-10-21-13-17(23)14-25-18-4-2-1-3-5-18/h1-9,17,21,23H,10-14H2,(H,22,24)/t17-/m1/s1. The van der Waals surface area contributed by atoms with E-state index in [1.54, 1.807) is 12.1 Å². The van der Waals surface area contributed by atoms with E-state index in [-0.39, 0.29) is 12.5 Å². The second-order valence-corrected chi connectivity index (χ2v) is 6.07. The molecule has 0 fully saturated rings. The summed E-state index contributed by atoms with van der Waals surface area (Å²) in [6, 6.07) is 16.6. The van der Waals surface area contributed by atoms with E-state index in [9.17, 15) is 9.90 Å². The average molecular weight is 363 g/mol. The number of aliphatic hydroxyl groups is 1. The van der Waals surface area contributed by atoms with E-state index in [1.165, 1.54) is 0 Å². The Balaban J connectivity index is 1.52. The summed E-state index contributed by atoms with van der Waals surface area (Å²) in [6.07, 6.45) is -0.282. The quantitative estimate of drug-likeness (QED) is 0.566. The maximum absolute atomic E-state index is 11.8. The Morgan fingerprint density at radius 2 is 1.80 bits per heavy atom. The lowest BCUT2D eigenvalue weighted by molar-refractivity contribution is -0.120. The summed E-state index contributed by atoms with van der Waals surface area (Å²) in [5, 5.41) is 16.4. The van der Waals surface area contributed by atoms with Crippen LogP contribution in [0.15, 0.2) is 54.6 Å². The molecule has 134 valence electrons. The molecule has 25 heavy (non-hydrogen) atoms. The summed E-state index contributed by atoms with van der Waals surface area (Å²) in [5.41, 5.74) is 0.920. The lowest BCUT2D eigenvalue weighted by Crippen LogP contribution is -2.37. The highest BCUT2D eigenvalue weighted by molar-refractivity contribution is 6.30. The van der Waals surface area contributed by atoms with Gasteiger partial charge in [-0.1, -0.05) is 41.9 Å². The largest absolute Gasteiger partial charge is 0.491 e. The molecule has 0 aromatic heterocycles. The summed E-state index contributed by atoms with van der Waals surface area (Å²) in [7, 11) is 0. The molecule has 0 saturated heterocycles. The first-order valence-corrected chi connectivity index (χ1v) is 8.59. The molecule has 3 N–H and O–H groups in total. The van der Waals surface area contributed by atoms with Crippen molar-refractivity contribution in [3.05, 3.63) is 65.2 Å². The van der Waals surface area contributed by atoms with Crippen molar-refractivity contribution in [2.24, 2.45) is 0 Å². The number of halogens is 1. The topological polar surface area (TPSA) is 70.6 Å². The number of amides is 1. The van der Waals surface area contributed by atoms with E-state index in [4.69, 9.17) is 16.3 Å². The van der Waals surface area contributed by atoms with Gasteiger partial charge in [-0.3, -0.25) is 4.79 Å². The lowest BCUT2D eigenvalue weighted by Gasteiger charge is -2.13. The summed E-state index contributed by atoms with van der Waals surface area (Å²) in [4.78, 5) is 11.8. The lowest BCUT2D eigenvalue weighted by atomic mass is 10.1. The minimum absolute atomic E-state index is 0.0444. The number of aliphatic hydroxyl groups excluding tert-OH is 1. The predicted octanol–water partition coefficient (Wildman–Crippen LogP) is 2.03. The van der Waals surface area contributed by atoms with Crippen molar-refractivity contribution in [1.29, 1.82) is 0 Å². The van der Waals surface area contributed by atoms with E-state index < -0.39 is 6.10 Å². The van der Waals surface area contributed by atoms with Crippen LogP contribution >= 0.6 is 11.6 Å². The second-order valence-electron chi connectivity index (χ2n) is 5.64. The van der Waals surface area contributed by atoms with Gasteiger partial charge in [0.25, 0.3) is 0 Å².